The predicted molar refractivity (Wildman–Crippen MR) is 49.8 cm³/mol. The fraction of sp³-hybridized carbons (Fsp3) is 0.300. The Kier molecular flexibility index (Phi) is 1.93. The highest BCUT2D eigenvalue weighted by Gasteiger charge is 2.01. The second-order valence-corrected chi connectivity index (χ2v) is 3.15. The van der Waals surface area contributed by atoms with Gasteiger partial charge < -0.3 is 9.15 Å². The molecule has 3 heteroatoms. The molecule has 0 bridgehead atoms. The summed E-state index contributed by atoms with van der Waals surface area (Å²) in [6.07, 6.45) is 1.62. The van der Waals surface area contributed by atoms with Gasteiger partial charge >= 0.3 is 0 Å². The van der Waals surface area contributed by atoms with Crippen molar-refractivity contribution in [1.82, 2.24) is 4.98 Å². The first-order chi connectivity index (χ1) is 6.25. The molecule has 0 saturated carbocycles. The average molecular weight is 177 g/mol. The van der Waals surface area contributed by atoms with Crippen LogP contribution in [0.15, 0.2) is 29.0 Å². The van der Waals surface area contributed by atoms with E-state index in [1.54, 1.807) is 0 Å². The van der Waals surface area contributed by atoms with E-state index in [0.717, 1.165) is 16.8 Å². The molecule has 2 aromatic rings. The Hall–Kier alpha value is -1.51. The predicted octanol–water partition coefficient (Wildman–Crippen LogP) is 2.62. The first kappa shape index (κ1) is 8.10. The van der Waals surface area contributed by atoms with Gasteiger partial charge in [0.25, 0.3) is 0 Å². The molecule has 0 N–H and O–H groups in total. The molecule has 1 aromatic carbocycles. The van der Waals surface area contributed by atoms with Crippen molar-refractivity contribution in [3.63, 3.8) is 0 Å². The summed E-state index contributed by atoms with van der Waals surface area (Å²) in [5.74, 6) is 0.819. The van der Waals surface area contributed by atoms with Crippen LogP contribution in [0.3, 0.4) is 0 Å². The zero-order valence-electron chi connectivity index (χ0n) is 7.65. The van der Waals surface area contributed by atoms with Gasteiger partial charge in [-0.25, -0.2) is 4.98 Å². The van der Waals surface area contributed by atoms with Crippen molar-refractivity contribution < 1.29 is 9.15 Å². The van der Waals surface area contributed by atoms with E-state index >= 15 is 0 Å². The minimum absolute atomic E-state index is 0.181. The molecule has 0 aliphatic carbocycles. The number of hydrogen-bond acceptors (Lipinski definition) is 3. The minimum Gasteiger partial charge on any atom is -0.491 e. The van der Waals surface area contributed by atoms with Crippen LogP contribution in [0.2, 0.25) is 0 Å². The molecule has 1 heterocycles. The molecular formula is C10H11NO2. The number of oxazole rings is 1. The Morgan fingerprint density at radius 3 is 3.00 bits per heavy atom. The van der Waals surface area contributed by atoms with Crippen LogP contribution < -0.4 is 4.74 Å². The normalized spacial score (nSPS) is 11.0. The molecule has 0 fully saturated rings. The fourth-order valence-corrected chi connectivity index (χ4v) is 1.18. The molecule has 1 aromatic heterocycles. The highest BCUT2D eigenvalue weighted by Crippen LogP contribution is 2.20. The lowest BCUT2D eigenvalue weighted by molar-refractivity contribution is 0.242. The molecule has 0 unspecified atom stereocenters. The largest absolute Gasteiger partial charge is 0.491 e. The molecule has 0 aliphatic rings. The lowest BCUT2D eigenvalue weighted by Crippen LogP contribution is -2.04. The van der Waals surface area contributed by atoms with Crippen molar-refractivity contribution in [2.45, 2.75) is 20.0 Å². The SMILES string of the molecule is CC(C)Oc1ccc2ncoc2c1. The summed E-state index contributed by atoms with van der Waals surface area (Å²) in [6.45, 7) is 3.98. The summed E-state index contributed by atoms with van der Waals surface area (Å²) in [6, 6.07) is 5.63. The third kappa shape index (κ3) is 1.64. The van der Waals surface area contributed by atoms with Gasteiger partial charge in [-0.1, -0.05) is 0 Å². The van der Waals surface area contributed by atoms with E-state index in [2.05, 4.69) is 4.98 Å². The third-order valence-electron chi connectivity index (χ3n) is 1.67. The van der Waals surface area contributed by atoms with E-state index in [-0.39, 0.29) is 6.10 Å². The first-order valence-electron chi connectivity index (χ1n) is 4.25. The lowest BCUT2D eigenvalue weighted by atomic mass is 10.3. The van der Waals surface area contributed by atoms with Crippen molar-refractivity contribution in [2.75, 3.05) is 0 Å². The summed E-state index contributed by atoms with van der Waals surface area (Å²) in [7, 11) is 0. The Balaban J connectivity index is 2.37. The molecule has 3 nitrogen and oxygen atoms in total. The molecular weight excluding hydrogens is 166 g/mol. The Morgan fingerprint density at radius 1 is 1.38 bits per heavy atom. The van der Waals surface area contributed by atoms with Gasteiger partial charge in [0, 0.05) is 6.07 Å². The first-order valence-corrected chi connectivity index (χ1v) is 4.25. The summed E-state index contributed by atoms with van der Waals surface area (Å²) in [5, 5.41) is 0. The van der Waals surface area contributed by atoms with Gasteiger partial charge in [0.15, 0.2) is 12.0 Å². The summed E-state index contributed by atoms with van der Waals surface area (Å²) in [4.78, 5) is 4.02. The van der Waals surface area contributed by atoms with Gasteiger partial charge in [-0.05, 0) is 26.0 Å². The van der Waals surface area contributed by atoms with E-state index in [1.807, 2.05) is 32.0 Å². The van der Waals surface area contributed by atoms with Crippen LogP contribution in [0.25, 0.3) is 11.1 Å². The minimum atomic E-state index is 0.181. The molecule has 0 atom stereocenters. The second kappa shape index (κ2) is 3.09. The van der Waals surface area contributed by atoms with Crippen molar-refractivity contribution in [3.05, 3.63) is 24.6 Å². The molecule has 0 radical (unpaired) electrons. The number of fused-ring (bicyclic) bond motifs is 1. The Morgan fingerprint density at radius 2 is 2.23 bits per heavy atom. The monoisotopic (exact) mass is 177 g/mol. The van der Waals surface area contributed by atoms with Gasteiger partial charge in [0.2, 0.25) is 0 Å². The maximum atomic E-state index is 5.50. The van der Waals surface area contributed by atoms with Crippen LogP contribution in [0.4, 0.5) is 0 Å². The third-order valence-corrected chi connectivity index (χ3v) is 1.67. The van der Waals surface area contributed by atoms with Crippen molar-refractivity contribution in [2.24, 2.45) is 0 Å². The van der Waals surface area contributed by atoms with Gasteiger partial charge in [-0.2, -0.15) is 0 Å². The zero-order chi connectivity index (χ0) is 9.26. The maximum absolute atomic E-state index is 5.50. The van der Waals surface area contributed by atoms with Gasteiger partial charge in [0.05, 0.1) is 6.10 Å². The highest BCUT2D eigenvalue weighted by atomic mass is 16.5. The number of ether oxygens (including phenoxy) is 1. The molecule has 0 aliphatic heterocycles. The van der Waals surface area contributed by atoms with Crippen molar-refractivity contribution in [3.8, 4) is 5.75 Å². The van der Waals surface area contributed by atoms with E-state index in [4.69, 9.17) is 9.15 Å². The highest BCUT2D eigenvalue weighted by molar-refractivity contribution is 5.73. The number of nitrogens with zero attached hydrogens (tertiary/aromatic N) is 1. The number of hydrogen-bond donors (Lipinski definition) is 0. The van der Waals surface area contributed by atoms with Gasteiger partial charge in [-0.3, -0.25) is 0 Å². The van der Waals surface area contributed by atoms with Crippen LogP contribution in [0.1, 0.15) is 13.8 Å². The Bertz CT molecular complexity index is 406. The molecule has 68 valence electrons. The molecule has 0 spiro atoms. The molecule has 0 saturated heterocycles. The average Bonchev–Trinajstić information content (AvgIpc) is 2.49. The molecule has 2 rings (SSSR count). The molecule has 13 heavy (non-hydrogen) atoms. The van der Waals surface area contributed by atoms with E-state index in [1.165, 1.54) is 6.39 Å². The summed E-state index contributed by atoms with van der Waals surface area (Å²) >= 11 is 0. The van der Waals surface area contributed by atoms with Crippen LogP contribution in [-0.2, 0) is 0 Å². The zero-order valence-corrected chi connectivity index (χ0v) is 7.65. The fourth-order valence-electron chi connectivity index (χ4n) is 1.18. The number of benzene rings is 1. The van der Waals surface area contributed by atoms with E-state index < -0.39 is 0 Å². The summed E-state index contributed by atoms with van der Waals surface area (Å²) < 4.78 is 10.7. The van der Waals surface area contributed by atoms with Gasteiger partial charge in [-0.15, -0.1) is 0 Å². The van der Waals surface area contributed by atoms with Crippen LogP contribution >= 0.6 is 0 Å². The van der Waals surface area contributed by atoms with Crippen molar-refractivity contribution >= 4 is 11.1 Å². The molecule has 0 amide bonds. The van der Waals surface area contributed by atoms with Crippen LogP contribution in [-0.4, -0.2) is 11.1 Å². The number of rotatable bonds is 2. The topological polar surface area (TPSA) is 35.3 Å². The lowest BCUT2D eigenvalue weighted by Gasteiger charge is -2.08. The van der Waals surface area contributed by atoms with Crippen molar-refractivity contribution in [1.29, 1.82) is 0 Å². The summed E-state index contributed by atoms with van der Waals surface area (Å²) in [5.41, 5.74) is 1.62. The number of aromatic nitrogens is 1. The maximum Gasteiger partial charge on any atom is 0.181 e. The van der Waals surface area contributed by atoms with Crippen LogP contribution in [0, 0.1) is 0 Å². The smallest absolute Gasteiger partial charge is 0.181 e. The van der Waals surface area contributed by atoms with Gasteiger partial charge in [0.1, 0.15) is 11.3 Å². The van der Waals surface area contributed by atoms with E-state index in [9.17, 15) is 0 Å². The quantitative estimate of drug-likeness (QED) is 0.707. The standard InChI is InChI=1S/C10H11NO2/c1-7(2)13-8-3-4-9-10(5-8)12-6-11-9/h3-7H,1-2H3. The second-order valence-electron chi connectivity index (χ2n) is 3.15. The Labute approximate surface area is 76.3 Å². The van der Waals surface area contributed by atoms with Crippen LogP contribution in [0.5, 0.6) is 5.75 Å². The van der Waals surface area contributed by atoms with E-state index in [0.29, 0.717) is 0 Å².